The van der Waals surface area contributed by atoms with Crippen LogP contribution >= 0.6 is 0 Å². The standard InChI is InChI=1S/C20H25N3O/c1-20(2)11-9-17(15-7-5-6-8-16(15)20)22-19(24)14-10-12-21-18(13-14)23(3)4/h5-8,10,12-13,17H,9,11H2,1-4H3,(H,22,24). The number of carbonyl (C=O) groups is 1. The number of amides is 1. The van der Waals surface area contributed by atoms with Gasteiger partial charge < -0.3 is 10.2 Å². The van der Waals surface area contributed by atoms with E-state index in [1.807, 2.05) is 25.1 Å². The summed E-state index contributed by atoms with van der Waals surface area (Å²) in [5.41, 5.74) is 3.39. The topological polar surface area (TPSA) is 45.2 Å². The molecule has 1 unspecified atom stereocenters. The van der Waals surface area contributed by atoms with Crippen LogP contribution in [0.1, 0.15) is 54.2 Å². The molecule has 1 heterocycles. The predicted octanol–water partition coefficient (Wildman–Crippen LogP) is 3.69. The monoisotopic (exact) mass is 323 g/mol. The molecule has 1 aliphatic carbocycles. The van der Waals surface area contributed by atoms with Gasteiger partial charge in [-0.25, -0.2) is 4.98 Å². The van der Waals surface area contributed by atoms with Gasteiger partial charge in [-0.3, -0.25) is 4.79 Å². The van der Waals surface area contributed by atoms with Gasteiger partial charge in [-0.2, -0.15) is 0 Å². The molecule has 1 atom stereocenters. The van der Waals surface area contributed by atoms with E-state index in [0.717, 1.165) is 18.7 Å². The highest BCUT2D eigenvalue weighted by Crippen LogP contribution is 2.41. The van der Waals surface area contributed by atoms with Gasteiger partial charge in [0, 0.05) is 25.9 Å². The Morgan fingerprint density at radius 2 is 2.00 bits per heavy atom. The van der Waals surface area contributed by atoms with Crippen LogP contribution in [0.3, 0.4) is 0 Å². The Hall–Kier alpha value is -2.36. The van der Waals surface area contributed by atoms with E-state index in [2.05, 4.69) is 48.4 Å². The van der Waals surface area contributed by atoms with Crippen LogP contribution in [0.2, 0.25) is 0 Å². The van der Waals surface area contributed by atoms with Crippen molar-refractivity contribution >= 4 is 11.7 Å². The maximum atomic E-state index is 12.7. The molecule has 4 heteroatoms. The van der Waals surface area contributed by atoms with Gasteiger partial charge in [0.2, 0.25) is 0 Å². The third-order valence-corrected chi connectivity index (χ3v) is 4.89. The molecule has 0 fully saturated rings. The summed E-state index contributed by atoms with van der Waals surface area (Å²) in [7, 11) is 3.84. The first-order chi connectivity index (χ1) is 11.4. The van der Waals surface area contributed by atoms with Crippen LogP contribution in [0, 0.1) is 0 Å². The molecule has 24 heavy (non-hydrogen) atoms. The Balaban J connectivity index is 1.84. The Morgan fingerprint density at radius 1 is 1.25 bits per heavy atom. The minimum absolute atomic E-state index is 0.0417. The number of nitrogens with zero attached hydrogens (tertiary/aromatic N) is 2. The zero-order chi connectivity index (χ0) is 17.3. The number of benzene rings is 1. The van der Waals surface area contributed by atoms with E-state index in [-0.39, 0.29) is 17.4 Å². The normalized spacial score (nSPS) is 18.6. The van der Waals surface area contributed by atoms with Gasteiger partial charge in [-0.15, -0.1) is 0 Å². The molecule has 1 amide bonds. The molecule has 1 aromatic heterocycles. The van der Waals surface area contributed by atoms with E-state index in [9.17, 15) is 4.79 Å². The maximum Gasteiger partial charge on any atom is 0.251 e. The Bertz CT molecular complexity index is 752. The lowest BCUT2D eigenvalue weighted by Gasteiger charge is -2.37. The molecule has 0 bridgehead atoms. The van der Waals surface area contributed by atoms with Crippen molar-refractivity contribution in [1.82, 2.24) is 10.3 Å². The van der Waals surface area contributed by atoms with Gasteiger partial charge in [-0.05, 0) is 41.5 Å². The van der Waals surface area contributed by atoms with Crippen LogP contribution < -0.4 is 10.2 Å². The first-order valence-electron chi connectivity index (χ1n) is 8.42. The number of carbonyl (C=O) groups excluding carboxylic acids is 1. The second-order valence-electron chi connectivity index (χ2n) is 7.33. The lowest BCUT2D eigenvalue weighted by molar-refractivity contribution is 0.0929. The summed E-state index contributed by atoms with van der Waals surface area (Å²) >= 11 is 0. The molecule has 1 aliphatic rings. The highest BCUT2D eigenvalue weighted by molar-refractivity contribution is 5.95. The van der Waals surface area contributed by atoms with Crippen molar-refractivity contribution in [2.75, 3.05) is 19.0 Å². The largest absolute Gasteiger partial charge is 0.363 e. The van der Waals surface area contributed by atoms with Crippen LogP contribution in [0.25, 0.3) is 0 Å². The van der Waals surface area contributed by atoms with Crippen LogP contribution in [0.15, 0.2) is 42.6 Å². The van der Waals surface area contributed by atoms with Crippen molar-refractivity contribution in [3.05, 3.63) is 59.3 Å². The average molecular weight is 323 g/mol. The molecule has 1 aromatic carbocycles. The van der Waals surface area contributed by atoms with E-state index in [1.54, 1.807) is 12.3 Å². The van der Waals surface area contributed by atoms with Gasteiger partial charge >= 0.3 is 0 Å². The van der Waals surface area contributed by atoms with Crippen molar-refractivity contribution in [3.63, 3.8) is 0 Å². The Kier molecular flexibility index (Phi) is 4.31. The molecule has 0 radical (unpaired) electrons. The molecular weight excluding hydrogens is 298 g/mol. The van der Waals surface area contributed by atoms with Gasteiger partial charge in [0.1, 0.15) is 5.82 Å². The van der Waals surface area contributed by atoms with E-state index in [4.69, 9.17) is 0 Å². The molecule has 2 aromatic rings. The summed E-state index contributed by atoms with van der Waals surface area (Å²) in [5.74, 6) is 0.743. The minimum atomic E-state index is -0.0417. The number of aromatic nitrogens is 1. The summed E-state index contributed by atoms with van der Waals surface area (Å²) in [6.45, 7) is 4.55. The Labute approximate surface area is 143 Å². The summed E-state index contributed by atoms with van der Waals surface area (Å²) in [5, 5.41) is 3.21. The second-order valence-corrected chi connectivity index (χ2v) is 7.33. The lowest BCUT2D eigenvalue weighted by Crippen LogP contribution is -2.35. The fourth-order valence-electron chi connectivity index (χ4n) is 3.41. The number of nitrogens with one attached hydrogen (secondary N) is 1. The molecule has 3 rings (SSSR count). The van der Waals surface area contributed by atoms with E-state index >= 15 is 0 Å². The van der Waals surface area contributed by atoms with Crippen molar-refractivity contribution in [3.8, 4) is 0 Å². The number of hydrogen-bond donors (Lipinski definition) is 1. The third-order valence-electron chi connectivity index (χ3n) is 4.89. The number of pyridine rings is 1. The van der Waals surface area contributed by atoms with Gasteiger partial charge in [0.25, 0.3) is 5.91 Å². The molecule has 0 saturated carbocycles. The highest BCUT2D eigenvalue weighted by Gasteiger charge is 2.33. The maximum absolute atomic E-state index is 12.7. The third kappa shape index (κ3) is 3.14. The zero-order valence-electron chi connectivity index (χ0n) is 14.8. The first-order valence-corrected chi connectivity index (χ1v) is 8.42. The van der Waals surface area contributed by atoms with Crippen molar-refractivity contribution in [1.29, 1.82) is 0 Å². The molecular formula is C20H25N3O. The zero-order valence-corrected chi connectivity index (χ0v) is 14.8. The van der Waals surface area contributed by atoms with E-state index in [1.165, 1.54) is 11.1 Å². The van der Waals surface area contributed by atoms with Crippen LogP contribution in [0.5, 0.6) is 0 Å². The SMILES string of the molecule is CN(C)c1cc(C(=O)NC2CCC(C)(C)c3ccccc32)ccn1. The fraction of sp³-hybridized carbons (Fsp3) is 0.400. The smallest absolute Gasteiger partial charge is 0.251 e. The summed E-state index contributed by atoms with van der Waals surface area (Å²) < 4.78 is 0. The Morgan fingerprint density at radius 3 is 2.75 bits per heavy atom. The first kappa shape index (κ1) is 16.5. The van der Waals surface area contributed by atoms with Gasteiger partial charge in [0.15, 0.2) is 0 Å². The number of rotatable bonds is 3. The van der Waals surface area contributed by atoms with E-state index in [0.29, 0.717) is 5.56 Å². The van der Waals surface area contributed by atoms with Crippen LogP contribution in [-0.4, -0.2) is 25.0 Å². The highest BCUT2D eigenvalue weighted by atomic mass is 16.1. The van der Waals surface area contributed by atoms with Crippen molar-refractivity contribution in [2.45, 2.75) is 38.1 Å². The van der Waals surface area contributed by atoms with Crippen LogP contribution in [-0.2, 0) is 5.41 Å². The molecule has 1 N–H and O–H groups in total. The number of anilines is 1. The lowest BCUT2D eigenvalue weighted by atomic mass is 9.71. The fourth-order valence-corrected chi connectivity index (χ4v) is 3.41. The number of hydrogen-bond acceptors (Lipinski definition) is 3. The predicted molar refractivity (Wildman–Crippen MR) is 97.5 cm³/mol. The van der Waals surface area contributed by atoms with Crippen LogP contribution in [0.4, 0.5) is 5.82 Å². The van der Waals surface area contributed by atoms with Gasteiger partial charge in [-0.1, -0.05) is 38.1 Å². The molecule has 0 saturated heterocycles. The molecule has 0 spiro atoms. The molecule has 4 nitrogen and oxygen atoms in total. The number of fused-ring (bicyclic) bond motifs is 1. The second kappa shape index (κ2) is 6.27. The summed E-state index contributed by atoms with van der Waals surface area (Å²) in [6, 6.07) is 12.1. The van der Waals surface area contributed by atoms with E-state index < -0.39 is 0 Å². The average Bonchev–Trinajstić information content (AvgIpc) is 2.58. The molecule has 126 valence electrons. The quantitative estimate of drug-likeness (QED) is 0.937. The molecule has 0 aliphatic heterocycles. The summed E-state index contributed by atoms with van der Waals surface area (Å²) in [6.07, 6.45) is 3.71. The summed E-state index contributed by atoms with van der Waals surface area (Å²) in [4.78, 5) is 18.9. The van der Waals surface area contributed by atoms with Crippen molar-refractivity contribution < 1.29 is 4.79 Å². The van der Waals surface area contributed by atoms with Gasteiger partial charge in [0.05, 0.1) is 6.04 Å². The minimum Gasteiger partial charge on any atom is -0.363 e. The van der Waals surface area contributed by atoms with Crippen molar-refractivity contribution in [2.24, 2.45) is 0 Å².